The molecule has 2 aromatic heterocycles. The van der Waals surface area contributed by atoms with Gasteiger partial charge in [-0.15, -0.1) is 21.5 Å². The summed E-state index contributed by atoms with van der Waals surface area (Å²) in [7, 11) is 0. The molecule has 0 aliphatic carbocycles. The molecule has 1 atom stereocenters. The lowest BCUT2D eigenvalue weighted by Gasteiger charge is -2.20. The molecule has 0 spiro atoms. The van der Waals surface area contributed by atoms with Crippen LogP contribution >= 0.6 is 46.0 Å². The van der Waals surface area contributed by atoms with E-state index in [-0.39, 0.29) is 16.5 Å². The van der Waals surface area contributed by atoms with Gasteiger partial charge in [0.25, 0.3) is 5.78 Å². The fourth-order valence-corrected chi connectivity index (χ4v) is 6.92. The number of hydrogen-bond donors (Lipinski definition) is 1. The van der Waals surface area contributed by atoms with Crippen molar-refractivity contribution in [3.8, 4) is 5.75 Å². The summed E-state index contributed by atoms with van der Waals surface area (Å²) >= 11 is 10.3. The van der Waals surface area contributed by atoms with Gasteiger partial charge in [-0.1, -0.05) is 65.9 Å². The van der Waals surface area contributed by atoms with Crippen LogP contribution in [0.4, 0.5) is 5.13 Å². The van der Waals surface area contributed by atoms with Crippen molar-refractivity contribution >= 4 is 68.6 Å². The molecule has 5 rings (SSSR count). The Balaban J connectivity index is 1.47. The third-order valence-electron chi connectivity index (χ3n) is 5.77. The van der Waals surface area contributed by atoms with Crippen LogP contribution < -0.4 is 9.64 Å². The molecule has 3 heterocycles. The Bertz CT molecular complexity index is 1490. The van der Waals surface area contributed by atoms with Crippen LogP contribution in [-0.4, -0.2) is 33.6 Å². The number of aliphatic hydroxyl groups is 1. The van der Waals surface area contributed by atoms with Gasteiger partial charge < -0.3 is 9.84 Å². The summed E-state index contributed by atoms with van der Waals surface area (Å²) in [6.45, 7) is 2.59. The number of anilines is 1. The van der Waals surface area contributed by atoms with E-state index in [0.29, 0.717) is 33.0 Å². The second-order valence-corrected chi connectivity index (χ2v) is 11.9. The minimum absolute atomic E-state index is 0.0140. The Morgan fingerprint density at radius 2 is 1.89 bits per heavy atom. The maximum absolute atomic E-state index is 13.3. The van der Waals surface area contributed by atoms with E-state index in [4.69, 9.17) is 16.3 Å². The second-order valence-electron chi connectivity index (χ2n) is 8.29. The normalized spacial score (nSPS) is 16.8. The maximum Gasteiger partial charge on any atom is 0.301 e. The quantitative estimate of drug-likeness (QED) is 0.0748. The minimum Gasteiger partial charge on any atom is -0.507 e. The van der Waals surface area contributed by atoms with Gasteiger partial charge in [-0.25, -0.2) is 0 Å². The largest absolute Gasteiger partial charge is 0.507 e. The number of ketones is 1. The number of carbonyl (C=O) groups is 2. The first-order valence-corrected chi connectivity index (χ1v) is 14.8. The van der Waals surface area contributed by atoms with Crippen molar-refractivity contribution in [3.05, 3.63) is 92.6 Å². The van der Waals surface area contributed by atoms with Crippen LogP contribution in [0.1, 0.15) is 35.4 Å². The van der Waals surface area contributed by atoms with Crippen LogP contribution in [0.15, 0.2) is 76.0 Å². The van der Waals surface area contributed by atoms with E-state index >= 15 is 0 Å². The molecule has 7 nitrogen and oxygen atoms in total. The highest BCUT2D eigenvalue weighted by atomic mass is 35.5. The molecule has 1 amide bonds. The summed E-state index contributed by atoms with van der Waals surface area (Å²) in [5.41, 5.74) is 1.39. The second kappa shape index (κ2) is 11.7. The van der Waals surface area contributed by atoms with Crippen molar-refractivity contribution in [2.45, 2.75) is 29.5 Å². The lowest BCUT2D eigenvalue weighted by Crippen LogP contribution is -2.29. The van der Waals surface area contributed by atoms with E-state index < -0.39 is 17.7 Å². The molecule has 1 saturated heterocycles. The SMILES string of the molecule is CCCOc1ccc(/C(O)=C2/C(=O)C(=O)N(c3nnc(SCc4ccccc4Cl)s3)C2c2cccs2)cc1. The molecule has 0 bridgehead atoms. The maximum atomic E-state index is 13.3. The summed E-state index contributed by atoms with van der Waals surface area (Å²) in [6, 6.07) is 17.2. The van der Waals surface area contributed by atoms with E-state index in [2.05, 4.69) is 10.2 Å². The van der Waals surface area contributed by atoms with Crippen LogP contribution in [0.2, 0.25) is 5.02 Å². The predicted octanol–water partition coefficient (Wildman–Crippen LogP) is 6.96. The summed E-state index contributed by atoms with van der Waals surface area (Å²) in [5.74, 6) is -0.530. The lowest BCUT2D eigenvalue weighted by atomic mass is 10.00. The van der Waals surface area contributed by atoms with Gasteiger partial charge in [-0.05, 0) is 53.8 Å². The summed E-state index contributed by atoms with van der Waals surface area (Å²) < 4.78 is 6.25. The number of ether oxygens (including phenoxy) is 1. The zero-order chi connectivity index (χ0) is 26.6. The molecule has 1 fully saturated rings. The van der Waals surface area contributed by atoms with E-state index in [1.165, 1.54) is 39.3 Å². The number of aromatic nitrogens is 2. The van der Waals surface area contributed by atoms with Gasteiger partial charge >= 0.3 is 5.91 Å². The standard InChI is InChI=1S/C27H22ClN3O4S3/c1-2-13-35-18-11-9-16(10-12-18)23(32)21-22(20-8-5-14-36-20)31(25(34)24(21)33)26-29-30-27(38-26)37-15-17-6-3-4-7-19(17)28/h3-12,14,22,32H,2,13,15H2,1H3/b23-21-. The number of thiophene rings is 1. The molecule has 1 aliphatic rings. The predicted molar refractivity (Wildman–Crippen MR) is 152 cm³/mol. The molecular formula is C27H22ClN3O4S3. The molecule has 0 radical (unpaired) electrons. The number of carbonyl (C=O) groups excluding carboxylic acids is 2. The first-order valence-electron chi connectivity index (χ1n) is 11.7. The number of aliphatic hydroxyl groups excluding tert-OH is 1. The highest BCUT2D eigenvalue weighted by molar-refractivity contribution is 8.00. The van der Waals surface area contributed by atoms with Gasteiger partial charge in [-0.2, -0.15) is 0 Å². The van der Waals surface area contributed by atoms with Crippen LogP contribution in [0, 0.1) is 0 Å². The first kappa shape index (κ1) is 26.4. The fourth-order valence-electron chi connectivity index (χ4n) is 3.94. The number of amides is 1. The highest BCUT2D eigenvalue weighted by Gasteiger charge is 2.48. The van der Waals surface area contributed by atoms with Crippen molar-refractivity contribution in [3.63, 3.8) is 0 Å². The average Bonchev–Trinajstić information content (AvgIpc) is 3.68. The number of thioether (sulfide) groups is 1. The Morgan fingerprint density at radius 1 is 1.11 bits per heavy atom. The van der Waals surface area contributed by atoms with E-state index in [1.807, 2.05) is 48.7 Å². The molecule has 194 valence electrons. The van der Waals surface area contributed by atoms with Gasteiger partial charge in [0, 0.05) is 21.2 Å². The zero-order valence-electron chi connectivity index (χ0n) is 20.2. The molecule has 1 unspecified atom stereocenters. The summed E-state index contributed by atoms with van der Waals surface area (Å²) in [6.07, 6.45) is 0.873. The monoisotopic (exact) mass is 583 g/mol. The Labute approximate surface area is 236 Å². The smallest absolute Gasteiger partial charge is 0.301 e. The van der Waals surface area contributed by atoms with Crippen molar-refractivity contribution in [1.82, 2.24) is 10.2 Å². The van der Waals surface area contributed by atoms with Crippen LogP contribution in [0.5, 0.6) is 5.75 Å². The summed E-state index contributed by atoms with van der Waals surface area (Å²) in [4.78, 5) is 28.6. The van der Waals surface area contributed by atoms with Crippen molar-refractivity contribution in [2.75, 3.05) is 11.5 Å². The van der Waals surface area contributed by atoms with E-state index in [0.717, 1.165) is 16.9 Å². The van der Waals surface area contributed by atoms with Crippen LogP contribution in [0.25, 0.3) is 5.76 Å². The zero-order valence-corrected chi connectivity index (χ0v) is 23.4. The van der Waals surface area contributed by atoms with Gasteiger partial charge in [0.05, 0.1) is 12.2 Å². The van der Waals surface area contributed by atoms with Gasteiger partial charge in [0.2, 0.25) is 5.13 Å². The highest BCUT2D eigenvalue weighted by Crippen LogP contribution is 2.45. The topological polar surface area (TPSA) is 92.6 Å². The van der Waals surface area contributed by atoms with E-state index in [1.54, 1.807) is 24.3 Å². The van der Waals surface area contributed by atoms with Crippen LogP contribution in [-0.2, 0) is 15.3 Å². The van der Waals surface area contributed by atoms with Gasteiger partial charge in [0.1, 0.15) is 17.6 Å². The van der Waals surface area contributed by atoms with Gasteiger partial charge in [-0.3, -0.25) is 14.5 Å². The molecule has 1 aliphatic heterocycles. The Hall–Kier alpha value is -3.18. The lowest BCUT2D eigenvalue weighted by molar-refractivity contribution is -0.132. The number of halogens is 1. The van der Waals surface area contributed by atoms with Crippen molar-refractivity contribution < 1.29 is 19.4 Å². The molecule has 2 aromatic carbocycles. The minimum atomic E-state index is -0.819. The number of nitrogens with zero attached hydrogens (tertiary/aromatic N) is 3. The van der Waals surface area contributed by atoms with Gasteiger partial charge in [0.15, 0.2) is 4.34 Å². The molecule has 4 aromatic rings. The molecular weight excluding hydrogens is 562 g/mol. The van der Waals surface area contributed by atoms with E-state index in [9.17, 15) is 14.7 Å². The summed E-state index contributed by atoms with van der Waals surface area (Å²) in [5, 5.41) is 22.5. The number of Topliss-reactive ketones (excluding diaryl/α,β-unsaturated/α-hetero) is 1. The molecule has 11 heteroatoms. The number of rotatable bonds is 9. The number of benzene rings is 2. The fraction of sp³-hybridized carbons (Fsp3) is 0.185. The van der Waals surface area contributed by atoms with Crippen molar-refractivity contribution in [1.29, 1.82) is 0 Å². The molecule has 0 saturated carbocycles. The third-order valence-corrected chi connectivity index (χ3v) is 9.17. The average molecular weight is 584 g/mol. The van der Waals surface area contributed by atoms with Crippen LogP contribution in [0.3, 0.4) is 0 Å². The molecule has 1 N–H and O–H groups in total. The Morgan fingerprint density at radius 3 is 2.61 bits per heavy atom. The number of hydrogen-bond acceptors (Lipinski definition) is 9. The third kappa shape index (κ3) is 5.35. The van der Waals surface area contributed by atoms with Crippen molar-refractivity contribution in [2.24, 2.45) is 0 Å². The molecule has 38 heavy (non-hydrogen) atoms. The Kier molecular flexibility index (Phi) is 8.13. The first-order chi connectivity index (χ1) is 18.5.